The molecule has 7 heteroatoms. The molecule has 0 amide bonds. The van der Waals surface area contributed by atoms with Crippen LogP contribution in [0.2, 0.25) is 10.0 Å². The minimum atomic E-state index is -0.510. The predicted octanol–water partition coefficient (Wildman–Crippen LogP) is 5.65. The van der Waals surface area contributed by atoms with Crippen LogP contribution in [0, 0.1) is 0 Å². The van der Waals surface area contributed by atoms with Gasteiger partial charge >= 0.3 is 5.97 Å². The maximum atomic E-state index is 12.4. The summed E-state index contributed by atoms with van der Waals surface area (Å²) in [6, 6.07) is 16.2. The maximum absolute atomic E-state index is 12.4. The fourth-order valence-corrected chi connectivity index (χ4v) is 3.12. The van der Waals surface area contributed by atoms with Gasteiger partial charge in [0.2, 0.25) is 0 Å². The summed E-state index contributed by atoms with van der Waals surface area (Å²) in [6.07, 6.45) is 0. The lowest BCUT2D eigenvalue weighted by molar-refractivity contribution is 0.0603. The van der Waals surface area contributed by atoms with Gasteiger partial charge in [-0.1, -0.05) is 64.8 Å². The fraction of sp³-hybridized carbons (Fsp3) is 0.0500. The number of ether oxygens (including phenoxy) is 1. The summed E-state index contributed by atoms with van der Waals surface area (Å²) in [4.78, 5) is 16.9. The molecule has 0 unspecified atom stereocenters. The number of benzene rings is 2. The van der Waals surface area contributed by atoms with E-state index in [-0.39, 0.29) is 5.71 Å². The summed E-state index contributed by atoms with van der Waals surface area (Å²) >= 11 is 12.1. The predicted molar refractivity (Wildman–Crippen MR) is 104 cm³/mol. The number of esters is 1. The Morgan fingerprint density at radius 3 is 2.48 bits per heavy atom. The third-order valence-electron chi connectivity index (χ3n) is 4.11. The standard InChI is InChI=1S/C20H12Cl2N2O3/c1-26-20(25)13-10-16(12-7-8-14(21)15(22)9-12)23-19-17(13)18(24-27-19)11-5-3-2-4-6-11/h2-10H,1H3. The SMILES string of the molecule is COC(=O)c1cc(-c2ccc(Cl)c(Cl)c2)nc2onc(-c3ccccc3)c12. The molecule has 0 radical (unpaired) electrons. The van der Waals surface area contributed by atoms with Gasteiger partial charge in [0.1, 0.15) is 5.69 Å². The molecule has 0 aliphatic carbocycles. The van der Waals surface area contributed by atoms with Crippen LogP contribution in [0.5, 0.6) is 0 Å². The van der Waals surface area contributed by atoms with Crippen LogP contribution in [0.1, 0.15) is 10.4 Å². The molecule has 0 spiro atoms. The summed E-state index contributed by atoms with van der Waals surface area (Å²) in [5.74, 6) is -0.510. The van der Waals surface area contributed by atoms with E-state index in [0.717, 1.165) is 5.56 Å². The number of rotatable bonds is 3. The van der Waals surface area contributed by atoms with Crippen LogP contribution < -0.4 is 0 Å². The number of aromatic nitrogens is 2. The van der Waals surface area contributed by atoms with E-state index >= 15 is 0 Å². The molecule has 2 heterocycles. The van der Waals surface area contributed by atoms with Crippen molar-refractivity contribution in [2.45, 2.75) is 0 Å². The third-order valence-corrected chi connectivity index (χ3v) is 4.85. The first kappa shape index (κ1) is 17.5. The summed E-state index contributed by atoms with van der Waals surface area (Å²) < 4.78 is 10.4. The van der Waals surface area contributed by atoms with Crippen LogP contribution in [-0.2, 0) is 4.74 Å². The lowest BCUT2D eigenvalue weighted by Gasteiger charge is -2.07. The van der Waals surface area contributed by atoms with Gasteiger partial charge in [-0.05, 0) is 18.2 Å². The zero-order valence-corrected chi connectivity index (χ0v) is 15.6. The van der Waals surface area contributed by atoms with Crippen molar-refractivity contribution in [3.05, 3.63) is 70.2 Å². The number of methoxy groups -OCH3 is 1. The molecule has 0 N–H and O–H groups in total. The topological polar surface area (TPSA) is 65.2 Å². The van der Waals surface area contributed by atoms with Gasteiger partial charge in [0.15, 0.2) is 0 Å². The monoisotopic (exact) mass is 398 g/mol. The molecule has 4 aromatic rings. The smallest absolute Gasteiger partial charge is 0.338 e. The number of fused-ring (bicyclic) bond motifs is 1. The minimum absolute atomic E-state index is 0.234. The van der Waals surface area contributed by atoms with Crippen LogP contribution in [0.15, 0.2) is 59.1 Å². The first-order chi connectivity index (χ1) is 13.1. The zero-order chi connectivity index (χ0) is 19.0. The van der Waals surface area contributed by atoms with Gasteiger partial charge in [-0.3, -0.25) is 0 Å². The summed E-state index contributed by atoms with van der Waals surface area (Å²) in [5, 5.41) is 5.43. The summed E-state index contributed by atoms with van der Waals surface area (Å²) in [7, 11) is 1.32. The number of hydrogen-bond donors (Lipinski definition) is 0. The molecule has 0 atom stereocenters. The van der Waals surface area contributed by atoms with Crippen molar-refractivity contribution in [1.82, 2.24) is 10.1 Å². The van der Waals surface area contributed by atoms with Gasteiger partial charge in [-0.15, -0.1) is 0 Å². The molecule has 27 heavy (non-hydrogen) atoms. The Hall–Kier alpha value is -2.89. The van der Waals surface area contributed by atoms with E-state index in [0.29, 0.717) is 37.9 Å². The minimum Gasteiger partial charge on any atom is -0.465 e. The first-order valence-electron chi connectivity index (χ1n) is 7.98. The van der Waals surface area contributed by atoms with Crippen molar-refractivity contribution < 1.29 is 14.1 Å². The number of nitrogens with zero attached hydrogens (tertiary/aromatic N) is 2. The fourth-order valence-electron chi connectivity index (χ4n) is 2.82. The number of pyridine rings is 1. The zero-order valence-electron chi connectivity index (χ0n) is 14.1. The largest absolute Gasteiger partial charge is 0.465 e. The van der Waals surface area contributed by atoms with Gasteiger partial charge < -0.3 is 9.26 Å². The van der Waals surface area contributed by atoms with Crippen molar-refractivity contribution in [3.63, 3.8) is 0 Å². The van der Waals surface area contributed by atoms with Gasteiger partial charge in [0.05, 0.1) is 33.8 Å². The Morgan fingerprint density at radius 1 is 1.00 bits per heavy atom. The first-order valence-corrected chi connectivity index (χ1v) is 8.73. The molecule has 0 aliphatic rings. The van der Waals surface area contributed by atoms with Crippen LogP contribution >= 0.6 is 23.2 Å². The van der Waals surface area contributed by atoms with Crippen molar-refractivity contribution in [2.24, 2.45) is 0 Å². The van der Waals surface area contributed by atoms with E-state index in [1.807, 2.05) is 30.3 Å². The van der Waals surface area contributed by atoms with E-state index in [1.165, 1.54) is 7.11 Å². The molecule has 0 saturated carbocycles. The Balaban J connectivity index is 1.97. The van der Waals surface area contributed by atoms with Gasteiger partial charge in [-0.2, -0.15) is 0 Å². The van der Waals surface area contributed by atoms with Gasteiger partial charge in [-0.25, -0.2) is 9.78 Å². The number of hydrogen-bond acceptors (Lipinski definition) is 5. The second-order valence-corrected chi connectivity index (χ2v) is 6.57. The normalized spacial score (nSPS) is 10.9. The van der Waals surface area contributed by atoms with E-state index in [9.17, 15) is 4.79 Å². The molecule has 2 aromatic heterocycles. The number of carbonyl (C=O) groups excluding carboxylic acids is 1. The molecule has 134 valence electrons. The van der Waals surface area contributed by atoms with Crippen LogP contribution in [-0.4, -0.2) is 23.2 Å². The highest BCUT2D eigenvalue weighted by atomic mass is 35.5. The lowest BCUT2D eigenvalue weighted by Crippen LogP contribution is -2.03. The van der Waals surface area contributed by atoms with Crippen LogP contribution in [0.3, 0.4) is 0 Å². The molecule has 0 saturated heterocycles. The second-order valence-electron chi connectivity index (χ2n) is 5.75. The van der Waals surface area contributed by atoms with E-state index in [4.69, 9.17) is 32.5 Å². The Labute approximate surface area is 164 Å². The Bertz CT molecular complexity index is 1160. The van der Waals surface area contributed by atoms with Crippen LogP contribution in [0.4, 0.5) is 0 Å². The molecular weight excluding hydrogens is 387 g/mol. The average Bonchev–Trinajstić information content (AvgIpc) is 3.13. The highest BCUT2D eigenvalue weighted by molar-refractivity contribution is 6.42. The van der Waals surface area contributed by atoms with Crippen molar-refractivity contribution >= 4 is 40.3 Å². The average molecular weight is 399 g/mol. The maximum Gasteiger partial charge on any atom is 0.338 e. The van der Waals surface area contributed by atoms with Crippen LogP contribution in [0.25, 0.3) is 33.6 Å². The van der Waals surface area contributed by atoms with E-state index in [2.05, 4.69) is 10.1 Å². The van der Waals surface area contributed by atoms with Crippen molar-refractivity contribution in [3.8, 4) is 22.5 Å². The molecule has 4 rings (SSSR count). The highest BCUT2D eigenvalue weighted by Crippen LogP contribution is 2.34. The lowest BCUT2D eigenvalue weighted by atomic mass is 10.0. The molecular formula is C20H12Cl2N2O3. The number of halogens is 2. The molecule has 2 aromatic carbocycles. The van der Waals surface area contributed by atoms with Crippen molar-refractivity contribution in [1.29, 1.82) is 0 Å². The quantitative estimate of drug-likeness (QED) is 0.417. The third kappa shape index (κ3) is 3.16. The Kier molecular flexibility index (Phi) is 4.56. The Morgan fingerprint density at radius 2 is 1.78 bits per heavy atom. The highest BCUT2D eigenvalue weighted by Gasteiger charge is 2.22. The van der Waals surface area contributed by atoms with Gasteiger partial charge in [0.25, 0.3) is 5.71 Å². The van der Waals surface area contributed by atoms with Crippen molar-refractivity contribution in [2.75, 3.05) is 7.11 Å². The second kappa shape index (κ2) is 7.02. The van der Waals surface area contributed by atoms with E-state index in [1.54, 1.807) is 24.3 Å². The summed E-state index contributed by atoms with van der Waals surface area (Å²) in [6.45, 7) is 0. The summed E-state index contributed by atoms with van der Waals surface area (Å²) in [5.41, 5.74) is 3.07. The molecule has 0 aliphatic heterocycles. The molecule has 5 nitrogen and oxygen atoms in total. The number of carbonyl (C=O) groups is 1. The molecule has 0 fully saturated rings. The van der Waals surface area contributed by atoms with Gasteiger partial charge in [0, 0.05) is 11.1 Å². The van der Waals surface area contributed by atoms with E-state index < -0.39 is 5.97 Å². The molecule has 0 bridgehead atoms.